The quantitative estimate of drug-likeness (QED) is 0.554. The van der Waals surface area contributed by atoms with Gasteiger partial charge in [0.05, 0.1) is 13.2 Å². The van der Waals surface area contributed by atoms with E-state index in [2.05, 4.69) is 5.16 Å². The molecule has 0 saturated carbocycles. The van der Waals surface area contributed by atoms with E-state index < -0.39 is 0 Å². The number of rotatable bonds is 8. The molecule has 0 aliphatic heterocycles. The maximum atomic E-state index is 5.45. The maximum Gasteiger partial charge on any atom is 0.142 e. The summed E-state index contributed by atoms with van der Waals surface area (Å²) in [5.41, 5.74) is 3.95. The van der Waals surface area contributed by atoms with Crippen molar-refractivity contribution < 1.29 is 14.3 Å². The minimum absolute atomic E-state index is 0.401. The highest BCUT2D eigenvalue weighted by Gasteiger charge is 2.05. The van der Waals surface area contributed by atoms with Gasteiger partial charge in [0.15, 0.2) is 0 Å². The van der Waals surface area contributed by atoms with E-state index in [-0.39, 0.29) is 0 Å². The summed E-state index contributed by atoms with van der Waals surface area (Å²) < 4.78 is 10.3. The Morgan fingerprint density at radius 2 is 1.50 bits per heavy atom. The Kier molecular flexibility index (Phi) is 6.61. The van der Waals surface area contributed by atoms with Crippen molar-refractivity contribution in [3.63, 3.8) is 0 Å². The third-order valence-electron chi connectivity index (χ3n) is 3.13. The smallest absolute Gasteiger partial charge is 0.142 e. The molecule has 0 aliphatic carbocycles. The fourth-order valence-electron chi connectivity index (χ4n) is 2.02. The van der Waals surface area contributed by atoms with Gasteiger partial charge in [-0.1, -0.05) is 59.8 Å². The first-order valence-corrected chi connectivity index (χ1v) is 7.13. The van der Waals surface area contributed by atoms with Crippen LogP contribution in [0.5, 0.6) is 0 Å². The molecule has 4 nitrogen and oxygen atoms in total. The van der Waals surface area contributed by atoms with E-state index >= 15 is 0 Å². The molecule has 0 bridgehead atoms. The molecule has 0 aliphatic rings. The van der Waals surface area contributed by atoms with Crippen molar-refractivity contribution in [1.82, 2.24) is 0 Å². The molecule has 0 amide bonds. The largest absolute Gasteiger partial charge is 0.391 e. The average Bonchev–Trinajstić information content (AvgIpc) is 2.56. The second-order valence-electron chi connectivity index (χ2n) is 4.86. The number of hydrogen-bond donors (Lipinski definition) is 0. The number of ether oxygens (including phenoxy) is 2. The van der Waals surface area contributed by atoms with Crippen molar-refractivity contribution in [2.24, 2.45) is 5.16 Å². The lowest BCUT2D eigenvalue weighted by Crippen LogP contribution is -2.10. The summed E-state index contributed by atoms with van der Waals surface area (Å²) in [6.45, 7) is 1.44. The third kappa shape index (κ3) is 4.98. The van der Waals surface area contributed by atoms with Crippen LogP contribution in [0.1, 0.15) is 16.7 Å². The summed E-state index contributed by atoms with van der Waals surface area (Å²) >= 11 is 0. The summed E-state index contributed by atoms with van der Waals surface area (Å²) in [6.07, 6.45) is 0. The van der Waals surface area contributed by atoms with Crippen LogP contribution in [0.25, 0.3) is 0 Å². The molecule has 116 valence electrons. The predicted molar refractivity (Wildman–Crippen MR) is 86.8 cm³/mol. The second kappa shape index (κ2) is 8.97. The first kappa shape index (κ1) is 16.2. The average molecular weight is 299 g/mol. The highest BCUT2D eigenvalue weighted by Crippen LogP contribution is 2.09. The Morgan fingerprint density at radius 3 is 2.14 bits per heavy atom. The molecule has 0 heterocycles. The number of nitrogens with zero attached hydrogens (tertiary/aromatic N) is 1. The van der Waals surface area contributed by atoms with Crippen LogP contribution in [0, 0.1) is 0 Å². The lowest BCUT2D eigenvalue weighted by Gasteiger charge is -2.07. The van der Waals surface area contributed by atoms with E-state index in [1.165, 1.54) is 0 Å². The van der Waals surface area contributed by atoms with Gasteiger partial charge in [0.2, 0.25) is 0 Å². The molecule has 0 radical (unpaired) electrons. The molecular weight excluding hydrogens is 278 g/mol. The predicted octanol–water partition coefficient (Wildman–Crippen LogP) is 3.40. The lowest BCUT2D eigenvalue weighted by molar-refractivity contribution is 0.127. The van der Waals surface area contributed by atoms with E-state index in [1.54, 1.807) is 14.2 Å². The summed E-state index contributed by atoms with van der Waals surface area (Å²) in [5.74, 6) is 0. The first-order valence-electron chi connectivity index (χ1n) is 7.13. The minimum Gasteiger partial charge on any atom is -0.391 e. The molecule has 22 heavy (non-hydrogen) atoms. The molecule has 0 unspecified atom stereocenters. The molecule has 0 N–H and O–H groups in total. The summed E-state index contributed by atoms with van der Waals surface area (Å²) in [6, 6.07) is 18.0. The Morgan fingerprint density at radius 1 is 0.818 bits per heavy atom. The highest BCUT2D eigenvalue weighted by molar-refractivity contribution is 6.01. The lowest BCUT2D eigenvalue weighted by atomic mass is 10.1. The molecule has 2 aromatic rings. The van der Waals surface area contributed by atoms with Crippen molar-refractivity contribution >= 4 is 5.71 Å². The fraction of sp³-hybridized carbons (Fsp3) is 0.278. The van der Waals surface area contributed by atoms with Gasteiger partial charge in [-0.15, -0.1) is 0 Å². The van der Waals surface area contributed by atoms with Crippen LogP contribution in [0.2, 0.25) is 0 Å². The van der Waals surface area contributed by atoms with Crippen LogP contribution in [0.4, 0.5) is 0 Å². The van der Waals surface area contributed by atoms with Crippen LogP contribution in [0.15, 0.2) is 59.8 Å². The molecule has 0 spiro atoms. The second-order valence-corrected chi connectivity index (χ2v) is 4.86. The Labute approximate surface area is 131 Å². The Balaban J connectivity index is 2.03. The Hall–Kier alpha value is -2.17. The summed E-state index contributed by atoms with van der Waals surface area (Å²) in [7, 11) is 3.33. The van der Waals surface area contributed by atoms with Gasteiger partial charge in [-0.3, -0.25) is 0 Å². The fourth-order valence-corrected chi connectivity index (χ4v) is 2.02. The SMILES string of the molecule is COCC(=NOCc1ccccc1)c1ccc(COC)cc1. The molecule has 0 fully saturated rings. The standard InChI is InChI=1S/C18H21NO3/c1-20-12-16-8-10-17(11-9-16)18(14-21-2)19-22-13-15-6-4-3-5-7-15/h3-11H,12-14H2,1-2H3. The van der Waals surface area contributed by atoms with Gasteiger partial charge < -0.3 is 14.3 Å². The van der Waals surface area contributed by atoms with E-state index in [0.717, 1.165) is 22.4 Å². The van der Waals surface area contributed by atoms with Crippen molar-refractivity contribution in [2.45, 2.75) is 13.2 Å². The van der Waals surface area contributed by atoms with Gasteiger partial charge >= 0.3 is 0 Å². The van der Waals surface area contributed by atoms with Gasteiger partial charge in [0, 0.05) is 19.8 Å². The van der Waals surface area contributed by atoms with Crippen LogP contribution >= 0.6 is 0 Å². The van der Waals surface area contributed by atoms with Crippen LogP contribution in [-0.2, 0) is 27.5 Å². The zero-order chi connectivity index (χ0) is 15.6. The zero-order valence-electron chi connectivity index (χ0n) is 13.0. The molecule has 2 rings (SSSR count). The number of benzene rings is 2. The molecule has 0 atom stereocenters. The van der Waals surface area contributed by atoms with Gasteiger partial charge in [-0.2, -0.15) is 0 Å². The molecule has 0 saturated heterocycles. The molecule has 2 aromatic carbocycles. The number of oxime groups is 1. The van der Waals surface area contributed by atoms with Gasteiger partial charge in [-0.25, -0.2) is 0 Å². The number of methoxy groups -OCH3 is 2. The van der Waals surface area contributed by atoms with Crippen molar-refractivity contribution in [3.8, 4) is 0 Å². The maximum absolute atomic E-state index is 5.45. The summed E-state index contributed by atoms with van der Waals surface area (Å²) in [5, 5.41) is 4.22. The Bertz CT molecular complexity index is 579. The van der Waals surface area contributed by atoms with Gasteiger partial charge in [0.1, 0.15) is 12.3 Å². The van der Waals surface area contributed by atoms with E-state index in [9.17, 15) is 0 Å². The van der Waals surface area contributed by atoms with Crippen LogP contribution in [0.3, 0.4) is 0 Å². The van der Waals surface area contributed by atoms with Gasteiger partial charge in [0.25, 0.3) is 0 Å². The van der Waals surface area contributed by atoms with Gasteiger partial charge in [-0.05, 0) is 11.1 Å². The van der Waals surface area contributed by atoms with Crippen LogP contribution < -0.4 is 0 Å². The monoisotopic (exact) mass is 299 g/mol. The number of hydrogen-bond acceptors (Lipinski definition) is 4. The zero-order valence-corrected chi connectivity index (χ0v) is 13.0. The summed E-state index contributed by atoms with van der Waals surface area (Å²) in [4.78, 5) is 5.45. The van der Waals surface area contributed by atoms with E-state index in [4.69, 9.17) is 14.3 Å². The highest BCUT2D eigenvalue weighted by atomic mass is 16.6. The third-order valence-corrected chi connectivity index (χ3v) is 3.13. The first-order chi connectivity index (χ1) is 10.8. The van der Waals surface area contributed by atoms with Crippen molar-refractivity contribution in [2.75, 3.05) is 20.8 Å². The molecular formula is C18H21NO3. The normalized spacial score (nSPS) is 11.5. The van der Waals surface area contributed by atoms with Crippen molar-refractivity contribution in [3.05, 3.63) is 71.3 Å². The van der Waals surface area contributed by atoms with E-state index in [0.29, 0.717) is 19.8 Å². The topological polar surface area (TPSA) is 40.0 Å². The van der Waals surface area contributed by atoms with Crippen molar-refractivity contribution in [1.29, 1.82) is 0 Å². The molecule has 4 heteroatoms. The minimum atomic E-state index is 0.401. The molecule has 0 aromatic heterocycles. The van der Waals surface area contributed by atoms with Crippen LogP contribution in [-0.4, -0.2) is 26.5 Å². The van der Waals surface area contributed by atoms with E-state index in [1.807, 2.05) is 54.6 Å².